The molecule has 0 bridgehead atoms. The second-order valence-electron chi connectivity index (χ2n) is 7.90. The van der Waals surface area contributed by atoms with Crippen LogP contribution in [0.1, 0.15) is 21.5 Å². The molecule has 1 aliphatic heterocycles. The van der Waals surface area contributed by atoms with Crippen molar-refractivity contribution in [2.45, 2.75) is 18.9 Å². The van der Waals surface area contributed by atoms with Crippen LogP contribution in [0.5, 0.6) is 17.2 Å². The Bertz CT molecular complexity index is 1290. The van der Waals surface area contributed by atoms with Gasteiger partial charge in [0.05, 0.1) is 27.0 Å². The Hall–Kier alpha value is -3.50. The molecule has 4 rings (SSSR count). The summed E-state index contributed by atoms with van der Waals surface area (Å²) in [5, 5.41) is 22.3. The molecule has 1 amide bonds. The van der Waals surface area contributed by atoms with E-state index >= 15 is 0 Å². The second kappa shape index (κ2) is 11.5. The molecule has 186 valence electrons. The first-order chi connectivity index (χ1) is 17.3. The number of aromatic hydroxyl groups is 1. The van der Waals surface area contributed by atoms with Gasteiger partial charge < -0.3 is 29.7 Å². The third-order valence-corrected chi connectivity index (χ3v) is 6.45. The minimum Gasteiger partial charge on any atom is -0.507 e. The minimum absolute atomic E-state index is 0.0137. The van der Waals surface area contributed by atoms with Gasteiger partial charge in [-0.05, 0) is 73.3 Å². The molecule has 0 saturated carbocycles. The average Bonchev–Trinajstić information content (AvgIpc) is 3.37. The summed E-state index contributed by atoms with van der Waals surface area (Å²) < 4.78 is 17.7. The Morgan fingerprint density at radius 1 is 1.03 bits per heavy atom. The Morgan fingerprint density at radius 2 is 1.75 bits per heavy atom. The lowest BCUT2D eigenvalue weighted by Gasteiger charge is -2.19. The number of hydrogen-bond acceptors (Lipinski definition) is 6. The molecule has 0 saturated heterocycles. The summed E-state index contributed by atoms with van der Waals surface area (Å²) in [6.45, 7) is 0.0695. The Balaban J connectivity index is 1.55. The molecule has 8 nitrogen and oxygen atoms in total. The van der Waals surface area contributed by atoms with Gasteiger partial charge in [0.1, 0.15) is 17.8 Å². The number of carbonyl (C=O) groups excluding carboxylic acids is 1. The van der Waals surface area contributed by atoms with Crippen LogP contribution < -0.4 is 10.1 Å². The highest BCUT2D eigenvalue weighted by molar-refractivity contribution is 9.11. The monoisotopic (exact) mass is 617 g/mol. The maximum Gasteiger partial charge on any atom is 0.307 e. The van der Waals surface area contributed by atoms with Crippen molar-refractivity contribution >= 4 is 43.7 Å². The van der Waals surface area contributed by atoms with Crippen LogP contribution in [0.15, 0.2) is 81.6 Å². The van der Waals surface area contributed by atoms with Gasteiger partial charge in [-0.15, -0.1) is 0 Å². The summed E-state index contributed by atoms with van der Waals surface area (Å²) in [5.74, 6) is -0.522. The van der Waals surface area contributed by atoms with E-state index in [0.717, 1.165) is 5.56 Å². The summed E-state index contributed by atoms with van der Waals surface area (Å²) in [6, 6.07) is 16.7. The Morgan fingerprint density at radius 3 is 2.39 bits per heavy atom. The van der Waals surface area contributed by atoms with E-state index in [1.165, 1.54) is 24.5 Å². The zero-order valence-electron chi connectivity index (χ0n) is 18.7. The van der Waals surface area contributed by atoms with E-state index in [1.54, 1.807) is 12.1 Å². The van der Waals surface area contributed by atoms with Crippen molar-refractivity contribution in [1.29, 1.82) is 0 Å². The molecule has 0 radical (unpaired) electrons. The van der Waals surface area contributed by atoms with Gasteiger partial charge in [-0.25, -0.2) is 0 Å². The number of phenols is 1. The topological polar surface area (TPSA) is 114 Å². The molecule has 3 aromatic rings. The van der Waals surface area contributed by atoms with Crippen molar-refractivity contribution in [3.05, 3.63) is 98.3 Å². The van der Waals surface area contributed by atoms with Crippen molar-refractivity contribution < 1.29 is 34.0 Å². The number of benzene rings is 3. The first kappa shape index (κ1) is 25.6. The van der Waals surface area contributed by atoms with E-state index < -0.39 is 17.9 Å². The predicted molar refractivity (Wildman–Crippen MR) is 138 cm³/mol. The molecule has 1 unspecified atom stereocenters. The van der Waals surface area contributed by atoms with E-state index in [2.05, 4.69) is 37.2 Å². The van der Waals surface area contributed by atoms with Crippen LogP contribution >= 0.6 is 31.9 Å². The number of carboxylic acid groups (broad SMARTS) is 1. The normalized spacial score (nSPS) is 13.2. The van der Waals surface area contributed by atoms with Gasteiger partial charge >= 0.3 is 5.97 Å². The number of phenolic OH excluding ortho intramolecular Hbond substituents is 1. The maximum atomic E-state index is 13.2. The van der Waals surface area contributed by atoms with Gasteiger partial charge in [-0.1, -0.05) is 30.3 Å². The van der Waals surface area contributed by atoms with Gasteiger partial charge in [0.25, 0.3) is 5.91 Å². The van der Waals surface area contributed by atoms with E-state index in [-0.39, 0.29) is 24.5 Å². The van der Waals surface area contributed by atoms with Gasteiger partial charge in [0, 0.05) is 6.42 Å². The van der Waals surface area contributed by atoms with Crippen LogP contribution in [0.4, 0.5) is 0 Å². The van der Waals surface area contributed by atoms with Crippen LogP contribution in [0.2, 0.25) is 0 Å². The second-order valence-corrected chi connectivity index (χ2v) is 9.61. The molecule has 3 N–H and O–H groups in total. The van der Waals surface area contributed by atoms with Crippen molar-refractivity contribution in [3.63, 3.8) is 0 Å². The maximum absolute atomic E-state index is 13.2. The summed E-state index contributed by atoms with van der Waals surface area (Å²) in [6.07, 6.45) is 1.79. The third-order valence-electron chi connectivity index (χ3n) is 5.27. The van der Waals surface area contributed by atoms with Gasteiger partial charge in [-0.3, -0.25) is 9.59 Å². The highest BCUT2D eigenvalue weighted by Crippen LogP contribution is 2.39. The molecule has 0 spiro atoms. The van der Waals surface area contributed by atoms with Crippen LogP contribution in [-0.4, -0.2) is 34.9 Å². The van der Waals surface area contributed by atoms with Gasteiger partial charge in [-0.2, -0.15) is 0 Å². The molecule has 10 heteroatoms. The highest BCUT2D eigenvalue weighted by Gasteiger charge is 2.25. The van der Waals surface area contributed by atoms with E-state index in [4.69, 9.17) is 19.3 Å². The molecular formula is C26H21Br2NO7. The average molecular weight is 619 g/mol. The fourth-order valence-corrected chi connectivity index (χ4v) is 5.05. The van der Waals surface area contributed by atoms with Crippen LogP contribution in [-0.2, 0) is 27.1 Å². The number of hydrogen-bond donors (Lipinski definition) is 3. The largest absolute Gasteiger partial charge is 0.507 e. The highest BCUT2D eigenvalue weighted by atomic mass is 79.9. The number of nitrogens with one attached hydrogen (secondary N) is 1. The Kier molecular flexibility index (Phi) is 8.17. The molecule has 0 aliphatic carbocycles. The summed E-state index contributed by atoms with van der Waals surface area (Å²) in [7, 11) is 0. The smallest absolute Gasteiger partial charge is 0.307 e. The number of aliphatic carboxylic acids is 1. The first-order valence-electron chi connectivity index (χ1n) is 10.8. The number of carbonyl (C=O) groups is 2. The number of amides is 1. The van der Waals surface area contributed by atoms with Crippen molar-refractivity contribution in [2.24, 2.45) is 0 Å². The Labute approximate surface area is 223 Å². The van der Waals surface area contributed by atoms with Crippen LogP contribution in [0.3, 0.4) is 0 Å². The molecular weight excluding hydrogens is 598 g/mol. The quantitative estimate of drug-likeness (QED) is 0.289. The van der Waals surface area contributed by atoms with E-state index in [1.807, 2.05) is 30.3 Å². The zero-order chi connectivity index (χ0) is 25.7. The van der Waals surface area contributed by atoms with Gasteiger partial charge in [0.15, 0.2) is 11.5 Å². The van der Waals surface area contributed by atoms with E-state index in [0.29, 0.717) is 38.2 Å². The minimum atomic E-state index is -0.951. The standard InChI is InChI=1S/C26H21Br2NO7/c27-19-8-16(11-24(31)32)9-20(28)25(19)36-17-6-7-22(30)18(12-17)26(33)29-21(23-13-34-14-35-23)10-15-4-2-1-3-5-15/h1-9,12-13,21,30H,10-11,14H2,(H,29,33)(H,31,32). The molecule has 1 heterocycles. The van der Waals surface area contributed by atoms with Crippen LogP contribution in [0, 0.1) is 0 Å². The summed E-state index contributed by atoms with van der Waals surface area (Å²) >= 11 is 6.80. The van der Waals surface area contributed by atoms with Crippen molar-refractivity contribution in [1.82, 2.24) is 5.32 Å². The molecule has 1 aliphatic rings. The predicted octanol–water partition coefficient (Wildman–Crippen LogP) is 5.52. The lowest BCUT2D eigenvalue weighted by atomic mass is 10.0. The summed E-state index contributed by atoms with van der Waals surface area (Å²) in [5.41, 5.74) is 1.58. The van der Waals surface area contributed by atoms with E-state index in [9.17, 15) is 14.7 Å². The number of carboxylic acids is 1. The van der Waals surface area contributed by atoms with Crippen LogP contribution in [0.25, 0.3) is 0 Å². The molecule has 36 heavy (non-hydrogen) atoms. The number of ether oxygens (including phenoxy) is 3. The number of halogens is 2. The first-order valence-corrected chi connectivity index (χ1v) is 12.4. The summed E-state index contributed by atoms with van der Waals surface area (Å²) in [4.78, 5) is 24.2. The SMILES string of the molecule is O=C(O)Cc1cc(Br)c(Oc2ccc(O)c(C(=O)NC(Cc3ccccc3)C3=COCO3)c2)c(Br)c1. The molecule has 0 aromatic heterocycles. The third kappa shape index (κ3) is 6.38. The molecule has 0 fully saturated rings. The lowest BCUT2D eigenvalue weighted by Crippen LogP contribution is -2.38. The van der Waals surface area contributed by atoms with Crippen molar-refractivity contribution in [3.8, 4) is 17.2 Å². The fourth-order valence-electron chi connectivity index (χ4n) is 3.61. The molecule has 3 aromatic carbocycles. The zero-order valence-corrected chi connectivity index (χ0v) is 21.9. The van der Waals surface area contributed by atoms with Gasteiger partial charge in [0.2, 0.25) is 6.79 Å². The van der Waals surface area contributed by atoms with Crippen molar-refractivity contribution in [2.75, 3.05) is 6.79 Å². The fraction of sp³-hybridized carbons (Fsp3) is 0.154. The molecule has 1 atom stereocenters. The number of rotatable bonds is 9. The lowest BCUT2D eigenvalue weighted by molar-refractivity contribution is -0.136.